The van der Waals surface area contributed by atoms with Gasteiger partial charge >= 0.3 is 0 Å². The van der Waals surface area contributed by atoms with Gasteiger partial charge in [0.2, 0.25) is 10.0 Å². The van der Waals surface area contributed by atoms with E-state index in [1.165, 1.54) is 25.1 Å². The van der Waals surface area contributed by atoms with Gasteiger partial charge in [-0.1, -0.05) is 18.9 Å². The van der Waals surface area contributed by atoms with Gasteiger partial charge in [0.05, 0.1) is 16.4 Å². The highest BCUT2D eigenvalue weighted by Crippen LogP contribution is 2.26. The summed E-state index contributed by atoms with van der Waals surface area (Å²) in [5.74, 6) is 2.26. The fourth-order valence-corrected chi connectivity index (χ4v) is 3.29. The highest BCUT2D eigenvalue weighted by molar-refractivity contribution is 7.89. The van der Waals surface area contributed by atoms with Gasteiger partial charge in [0, 0.05) is 18.2 Å². The molecule has 6 nitrogen and oxygen atoms in total. The van der Waals surface area contributed by atoms with E-state index in [2.05, 4.69) is 5.92 Å². The van der Waals surface area contributed by atoms with Crippen molar-refractivity contribution in [2.45, 2.75) is 18.7 Å². The summed E-state index contributed by atoms with van der Waals surface area (Å²) in [6, 6.07) is 3.96. The van der Waals surface area contributed by atoms with Gasteiger partial charge in [0.15, 0.2) is 0 Å². The minimum absolute atomic E-state index is 0.0685. The summed E-state index contributed by atoms with van der Waals surface area (Å²) in [4.78, 5) is 10.1. The van der Waals surface area contributed by atoms with Crippen LogP contribution in [0.5, 0.6) is 0 Å². The Labute approximate surface area is 112 Å². The Morgan fingerprint density at radius 1 is 1.47 bits per heavy atom. The van der Waals surface area contributed by atoms with Crippen molar-refractivity contribution in [3.8, 4) is 12.3 Å². The minimum atomic E-state index is -3.81. The molecular weight excluding hydrogens is 268 g/mol. The van der Waals surface area contributed by atoms with E-state index in [0.717, 1.165) is 4.31 Å². The maximum Gasteiger partial charge on any atom is 0.273 e. The first-order valence-corrected chi connectivity index (χ1v) is 6.97. The van der Waals surface area contributed by atoms with E-state index in [1.807, 2.05) is 0 Å². The maximum absolute atomic E-state index is 12.4. The van der Waals surface area contributed by atoms with E-state index >= 15 is 0 Å². The van der Waals surface area contributed by atoms with Gasteiger partial charge in [-0.25, -0.2) is 8.42 Å². The maximum atomic E-state index is 12.4. The molecule has 0 N–H and O–H groups in total. The second-order valence-electron chi connectivity index (χ2n) is 3.79. The lowest BCUT2D eigenvalue weighted by Gasteiger charge is -2.18. The molecule has 0 saturated heterocycles. The monoisotopic (exact) mass is 282 g/mol. The van der Waals surface area contributed by atoms with Crippen LogP contribution >= 0.6 is 0 Å². The molecule has 0 radical (unpaired) electrons. The molecular formula is C12H14N2O4S. The Bertz CT molecular complexity index is 632. The van der Waals surface area contributed by atoms with Crippen LogP contribution in [0, 0.1) is 29.4 Å². The Morgan fingerprint density at radius 3 is 2.58 bits per heavy atom. The fourth-order valence-electron chi connectivity index (χ4n) is 1.69. The molecule has 1 aromatic rings. The number of rotatable bonds is 5. The molecule has 0 spiro atoms. The summed E-state index contributed by atoms with van der Waals surface area (Å²) in [6.07, 6.45) is 5.13. The molecule has 0 bridgehead atoms. The van der Waals surface area contributed by atoms with E-state index in [0.29, 0.717) is 0 Å². The molecule has 0 aliphatic carbocycles. The van der Waals surface area contributed by atoms with E-state index in [1.54, 1.807) is 6.92 Å². The first-order valence-electron chi connectivity index (χ1n) is 5.53. The molecule has 1 aromatic carbocycles. The number of terminal acetylenes is 1. The van der Waals surface area contributed by atoms with E-state index in [4.69, 9.17) is 6.42 Å². The first-order chi connectivity index (χ1) is 8.86. The van der Waals surface area contributed by atoms with Crippen LogP contribution in [0.25, 0.3) is 0 Å². The molecule has 7 heteroatoms. The van der Waals surface area contributed by atoms with Crippen LogP contribution in [0.3, 0.4) is 0 Å². The summed E-state index contributed by atoms with van der Waals surface area (Å²) < 4.78 is 25.8. The van der Waals surface area contributed by atoms with E-state index in [9.17, 15) is 18.5 Å². The van der Waals surface area contributed by atoms with Crippen LogP contribution in [0.2, 0.25) is 0 Å². The Morgan fingerprint density at radius 2 is 2.11 bits per heavy atom. The lowest BCUT2D eigenvalue weighted by Crippen LogP contribution is -2.31. The highest BCUT2D eigenvalue weighted by Gasteiger charge is 2.27. The second-order valence-corrected chi connectivity index (χ2v) is 5.70. The van der Waals surface area contributed by atoms with Crippen molar-refractivity contribution < 1.29 is 13.3 Å². The van der Waals surface area contributed by atoms with Crippen LogP contribution in [0.4, 0.5) is 5.69 Å². The minimum Gasteiger partial charge on any atom is -0.258 e. The van der Waals surface area contributed by atoms with Crippen molar-refractivity contribution in [2.24, 2.45) is 0 Å². The second kappa shape index (κ2) is 5.82. The zero-order valence-corrected chi connectivity index (χ0v) is 11.5. The molecule has 0 aliphatic heterocycles. The van der Waals surface area contributed by atoms with Crippen molar-refractivity contribution in [3.05, 3.63) is 33.9 Å². The lowest BCUT2D eigenvalue weighted by atomic mass is 10.2. The topological polar surface area (TPSA) is 80.5 Å². The molecule has 0 saturated carbocycles. The molecule has 0 aromatic heterocycles. The molecule has 0 unspecified atom stereocenters. The fraction of sp³-hybridized carbons (Fsp3) is 0.333. The van der Waals surface area contributed by atoms with Crippen molar-refractivity contribution >= 4 is 15.7 Å². The number of benzene rings is 1. The van der Waals surface area contributed by atoms with Gasteiger partial charge in [0.1, 0.15) is 0 Å². The average molecular weight is 282 g/mol. The zero-order chi connectivity index (χ0) is 14.6. The molecule has 19 heavy (non-hydrogen) atoms. The molecule has 0 heterocycles. The van der Waals surface area contributed by atoms with Gasteiger partial charge in [-0.3, -0.25) is 10.1 Å². The van der Waals surface area contributed by atoms with Crippen LogP contribution in [0.1, 0.15) is 12.5 Å². The molecule has 102 valence electrons. The highest BCUT2D eigenvalue weighted by atomic mass is 32.2. The Hall–Kier alpha value is -1.91. The quantitative estimate of drug-likeness (QED) is 0.466. The summed E-state index contributed by atoms with van der Waals surface area (Å²) in [6.45, 7) is 3.20. The zero-order valence-electron chi connectivity index (χ0n) is 10.7. The van der Waals surface area contributed by atoms with Crippen LogP contribution in [-0.2, 0) is 10.0 Å². The van der Waals surface area contributed by atoms with Crippen molar-refractivity contribution in [1.29, 1.82) is 0 Å². The van der Waals surface area contributed by atoms with Gasteiger partial charge in [0.25, 0.3) is 5.69 Å². The predicted octanol–water partition coefficient (Wildman–Crippen LogP) is 1.55. The first kappa shape index (κ1) is 15.1. The number of nitrogens with zero attached hydrogens (tertiary/aromatic N) is 2. The predicted molar refractivity (Wildman–Crippen MR) is 71.1 cm³/mol. The van der Waals surface area contributed by atoms with Gasteiger partial charge in [-0.05, 0) is 13.0 Å². The number of nitro benzene ring substituents is 1. The summed E-state index contributed by atoms with van der Waals surface area (Å²) >= 11 is 0. The summed E-state index contributed by atoms with van der Waals surface area (Å²) in [5.41, 5.74) is -0.110. The van der Waals surface area contributed by atoms with Crippen LogP contribution in [-0.4, -0.2) is 30.7 Å². The molecule has 0 fully saturated rings. The number of nitro groups is 1. The lowest BCUT2D eigenvalue weighted by molar-refractivity contribution is -0.385. The number of hydrogen-bond donors (Lipinski definition) is 0. The van der Waals surface area contributed by atoms with Crippen molar-refractivity contribution in [1.82, 2.24) is 4.31 Å². The third-order valence-corrected chi connectivity index (χ3v) is 4.76. The van der Waals surface area contributed by atoms with Crippen molar-refractivity contribution in [2.75, 3.05) is 13.1 Å². The molecule has 0 amide bonds. The van der Waals surface area contributed by atoms with Crippen LogP contribution < -0.4 is 0 Å². The third kappa shape index (κ3) is 2.92. The van der Waals surface area contributed by atoms with Gasteiger partial charge in [-0.2, -0.15) is 4.31 Å². The standard InChI is InChI=1S/C12H14N2O4S/c1-4-9-13(5-2)19(17,18)12-8-6-7-11(10(12)3)14(15)16/h1,6-8H,5,9H2,2-3H3. The third-order valence-electron chi connectivity index (χ3n) is 2.69. The number of sulfonamides is 1. The Balaban J connectivity index is 3.42. The smallest absolute Gasteiger partial charge is 0.258 e. The van der Waals surface area contributed by atoms with E-state index in [-0.39, 0.29) is 29.2 Å². The molecule has 1 rings (SSSR count). The van der Waals surface area contributed by atoms with Crippen LogP contribution in [0.15, 0.2) is 23.1 Å². The van der Waals surface area contributed by atoms with Crippen molar-refractivity contribution in [3.63, 3.8) is 0 Å². The molecule has 0 atom stereocenters. The average Bonchev–Trinajstić information content (AvgIpc) is 2.35. The largest absolute Gasteiger partial charge is 0.273 e. The normalized spacial score (nSPS) is 11.3. The summed E-state index contributed by atoms with van der Waals surface area (Å²) in [5, 5.41) is 10.8. The number of hydrogen-bond acceptors (Lipinski definition) is 4. The van der Waals surface area contributed by atoms with E-state index < -0.39 is 14.9 Å². The van der Waals surface area contributed by atoms with Gasteiger partial charge < -0.3 is 0 Å². The Kier molecular flexibility index (Phi) is 4.64. The summed E-state index contributed by atoms with van der Waals surface area (Å²) in [7, 11) is -3.81. The molecule has 0 aliphatic rings. The van der Waals surface area contributed by atoms with Gasteiger partial charge in [-0.15, -0.1) is 6.42 Å². The SMILES string of the molecule is C#CCN(CC)S(=O)(=O)c1cccc([N+](=O)[O-])c1C.